The van der Waals surface area contributed by atoms with E-state index in [1.54, 1.807) is 6.07 Å². The Kier molecular flexibility index (Phi) is 3.63. The molecule has 0 aromatic heterocycles. The number of hydrogen-bond donors (Lipinski definition) is 1. The Morgan fingerprint density at radius 2 is 2.27 bits per heavy atom. The maximum absolute atomic E-state index is 11.8. The van der Waals surface area contributed by atoms with Crippen molar-refractivity contribution in [1.29, 1.82) is 5.26 Å². The van der Waals surface area contributed by atoms with Crippen molar-refractivity contribution >= 4 is 5.97 Å². The molecule has 0 fully saturated rings. The number of hydrogen-bond acceptors (Lipinski definition) is 3. The number of alkyl halides is 1. The van der Waals surface area contributed by atoms with Crippen molar-refractivity contribution in [2.45, 2.75) is 0 Å². The van der Waals surface area contributed by atoms with Crippen LogP contribution in [0.2, 0.25) is 0 Å². The number of aromatic carboxylic acids is 1. The van der Waals surface area contributed by atoms with Gasteiger partial charge in [-0.3, -0.25) is 0 Å². The third kappa shape index (κ3) is 2.95. The van der Waals surface area contributed by atoms with E-state index in [-0.39, 0.29) is 23.5 Å². The van der Waals surface area contributed by atoms with Crippen LogP contribution in [0.25, 0.3) is 0 Å². The molecular formula is C10H8FNO3. The summed E-state index contributed by atoms with van der Waals surface area (Å²) in [5.41, 5.74) is 0.117. The highest BCUT2D eigenvalue weighted by Crippen LogP contribution is 2.17. The molecule has 0 unspecified atom stereocenters. The number of carbonyl (C=O) groups is 1. The first kappa shape index (κ1) is 11.0. The molecule has 78 valence electrons. The van der Waals surface area contributed by atoms with Gasteiger partial charge in [0.25, 0.3) is 0 Å². The number of carboxylic acid groups (broad SMARTS) is 1. The predicted molar refractivity (Wildman–Crippen MR) is 49.6 cm³/mol. The standard InChI is InChI=1S/C10H8FNO3/c11-1-2-15-9-4-7(6-12)3-8(5-9)10(13)14/h3-5H,1-2H2,(H,13,14). The van der Waals surface area contributed by atoms with Crippen LogP contribution in [-0.4, -0.2) is 24.4 Å². The van der Waals surface area contributed by atoms with Gasteiger partial charge in [0, 0.05) is 0 Å². The molecule has 1 rings (SSSR count). The average molecular weight is 209 g/mol. The molecule has 0 aliphatic heterocycles. The van der Waals surface area contributed by atoms with Crippen molar-refractivity contribution in [2.75, 3.05) is 13.3 Å². The number of nitriles is 1. The maximum atomic E-state index is 11.8. The lowest BCUT2D eigenvalue weighted by molar-refractivity contribution is 0.0696. The zero-order chi connectivity index (χ0) is 11.3. The van der Waals surface area contributed by atoms with Gasteiger partial charge in [0.05, 0.1) is 17.2 Å². The number of rotatable bonds is 4. The van der Waals surface area contributed by atoms with Crippen molar-refractivity contribution < 1.29 is 19.0 Å². The van der Waals surface area contributed by atoms with E-state index in [0.29, 0.717) is 0 Å². The van der Waals surface area contributed by atoms with Gasteiger partial charge in [-0.2, -0.15) is 5.26 Å². The number of nitrogens with zero attached hydrogens (tertiary/aromatic N) is 1. The van der Waals surface area contributed by atoms with Crippen LogP contribution in [0.4, 0.5) is 4.39 Å². The first-order valence-electron chi connectivity index (χ1n) is 4.14. The molecule has 0 atom stereocenters. The van der Waals surface area contributed by atoms with Crippen LogP contribution >= 0.6 is 0 Å². The molecule has 0 aliphatic carbocycles. The lowest BCUT2D eigenvalue weighted by atomic mass is 10.1. The summed E-state index contributed by atoms with van der Waals surface area (Å²) < 4.78 is 16.7. The maximum Gasteiger partial charge on any atom is 0.335 e. The summed E-state index contributed by atoms with van der Waals surface area (Å²) in [6.45, 7) is -0.826. The van der Waals surface area contributed by atoms with Gasteiger partial charge < -0.3 is 9.84 Å². The van der Waals surface area contributed by atoms with E-state index >= 15 is 0 Å². The molecule has 0 spiro atoms. The summed E-state index contributed by atoms with van der Waals surface area (Å²) in [6.07, 6.45) is 0. The molecule has 5 heteroatoms. The van der Waals surface area contributed by atoms with Crippen LogP contribution in [-0.2, 0) is 0 Å². The van der Waals surface area contributed by atoms with E-state index in [1.165, 1.54) is 18.2 Å². The van der Waals surface area contributed by atoms with Gasteiger partial charge in [-0.1, -0.05) is 0 Å². The Labute approximate surface area is 85.5 Å². The van der Waals surface area contributed by atoms with Crippen molar-refractivity contribution in [3.63, 3.8) is 0 Å². The van der Waals surface area contributed by atoms with Crippen molar-refractivity contribution in [2.24, 2.45) is 0 Å². The second-order valence-electron chi connectivity index (χ2n) is 2.70. The van der Waals surface area contributed by atoms with Crippen LogP contribution in [0.5, 0.6) is 5.75 Å². The topological polar surface area (TPSA) is 70.3 Å². The molecule has 0 radical (unpaired) electrons. The summed E-state index contributed by atoms with van der Waals surface area (Å²) >= 11 is 0. The Morgan fingerprint density at radius 3 is 2.80 bits per heavy atom. The van der Waals surface area contributed by atoms with Crippen LogP contribution in [0, 0.1) is 11.3 Å². The zero-order valence-corrected chi connectivity index (χ0v) is 7.74. The monoisotopic (exact) mass is 209 g/mol. The number of ether oxygens (including phenoxy) is 1. The van der Waals surface area contributed by atoms with E-state index in [2.05, 4.69) is 0 Å². The SMILES string of the molecule is N#Cc1cc(OCCF)cc(C(=O)O)c1. The molecule has 0 saturated carbocycles. The Hall–Kier alpha value is -2.09. The summed E-state index contributed by atoms with van der Waals surface area (Å²) in [5, 5.41) is 17.3. The molecule has 0 bridgehead atoms. The lowest BCUT2D eigenvalue weighted by Crippen LogP contribution is -2.02. The quantitative estimate of drug-likeness (QED) is 0.817. The first-order chi connectivity index (χ1) is 7.17. The second kappa shape index (κ2) is 4.96. The molecule has 0 heterocycles. The zero-order valence-electron chi connectivity index (χ0n) is 7.74. The Morgan fingerprint density at radius 1 is 1.53 bits per heavy atom. The summed E-state index contributed by atoms with van der Waals surface area (Å²) in [4.78, 5) is 10.7. The van der Waals surface area contributed by atoms with E-state index in [1.807, 2.05) is 0 Å². The van der Waals surface area contributed by atoms with Crippen LogP contribution in [0.1, 0.15) is 15.9 Å². The number of carboxylic acids is 1. The predicted octanol–water partition coefficient (Wildman–Crippen LogP) is 1.60. The minimum Gasteiger partial charge on any atom is -0.491 e. The van der Waals surface area contributed by atoms with Gasteiger partial charge in [-0.05, 0) is 18.2 Å². The minimum absolute atomic E-state index is 0.0529. The van der Waals surface area contributed by atoms with E-state index < -0.39 is 12.6 Å². The fourth-order valence-electron chi connectivity index (χ4n) is 1.03. The van der Waals surface area contributed by atoms with Gasteiger partial charge in [0.2, 0.25) is 0 Å². The van der Waals surface area contributed by atoms with Gasteiger partial charge in [0.1, 0.15) is 19.0 Å². The molecule has 1 N–H and O–H groups in total. The van der Waals surface area contributed by atoms with Crippen molar-refractivity contribution in [3.05, 3.63) is 29.3 Å². The molecule has 1 aromatic rings. The minimum atomic E-state index is -1.16. The lowest BCUT2D eigenvalue weighted by Gasteiger charge is -2.04. The van der Waals surface area contributed by atoms with E-state index in [0.717, 1.165) is 0 Å². The number of benzene rings is 1. The largest absolute Gasteiger partial charge is 0.491 e. The fraction of sp³-hybridized carbons (Fsp3) is 0.200. The molecule has 1 aromatic carbocycles. The molecule has 0 amide bonds. The Bertz CT molecular complexity index is 412. The third-order valence-electron chi connectivity index (χ3n) is 1.63. The summed E-state index contributed by atoms with van der Waals surface area (Å²) in [5.74, 6) is -0.971. The first-order valence-corrected chi connectivity index (χ1v) is 4.14. The Balaban J connectivity index is 3.01. The summed E-state index contributed by atoms with van der Waals surface area (Å²) in [7, 11) is 0. The van der Waals surface area contributed by atoms with Crippen LogP contribution in [0.3, 0.4) is 0 Å². The normalized spacial score (nSPS) is 9.33. The van der Waals surface area contributed by atoms with Crippen LogP contribution in [0.15, 0.2) is 18.2 Å². The van der Waals surface area contributed by atoms with Gasteiger partial charge in [-0.25, -0.2) is 9.18 Å². The van der Waals surface area contributed by atoms with E-state index in [9.17, 15) is 9.18 Å². The van der Waals surface area contributed by atoms with Crippen molar-refractivity contribution in [3.8, 4) is 11.8 Å². The van der Waals surface area contributed by atoms with Gasteiger partial charge in [0.15, 0.2) is 0 Å². The van der Waals surface area contributed by atoms with E-state index in [4.69, 9.17) is 15.1 Å². The van der Waals surface area contributed by atoms with Crippen LogP contribution < -0.4 is 4.74 Å². The molecule has 4 nitrogen and oxygen atoms in total. The summed E-state index contributed by atoms with van der Waals surface area (Å²) in [6, 6.07) is 5.64. The molecular weight excluding hydrogens is 201 g/mol. The van der Waals surface area contributed by atoms with Crippen molar-refractivity contribution in [1.82, 2.24) is 0 Å². The smallest absolute Gasteiger partial charge is 0.335 e. The number of halogens is 1. The second-order valence-corrected chi connectivity index (χ2v) is 2.70. The molecule has 0 saturated heterocycles. The molecule has 15 heavy (non-hydrogen) atoms. The highest BCUT2D eigenvalue weighted by molar-refractivity contribution is 5.88. The van der Waals surface area contributed by atoms with Gasteiger partial charge in [-0.15, -0.1) is 0 Å². The fourth-order valence-corrected chi connectivity index (χ4v) is 1.03. The highest BCUT2D eigenvalue weighted by Gasteiger charge is 2.07. The van der Waals surface area contributed by atoms with Gasteiger partial charge >= 0.3 is 5.97 Å². The third-order valence-corrected chi connectivity index (χ3v) is 1.63. The average Bonchev–Trinajstić information content (AvgIpc) is 2.25. The molecule has 0 aliphatic rings. The highest BCUT2D eigenvalue weighted by atomic mass is 19.1.